The predicted octanol–water partition coefficient (Wildman–Crippen LogP) is 3.14. The second kappa shape index (κ2) is 12.2. The van der Waals surface area contributed by atoms with E-state index in [0.29, 0.717) is 26.4 Å². The molecule has 0 saturated heterocycles. The van der Waals surface area contributed by atoms with Crippen molar-refractivity contribution in [1.82, 2.24) is 0 Å². The molecule has 0 aromatic carbocycles. The Kier molecular flexibility index (Phi) is 12.1. The third-order valence-corrected chi connectivity index (χ3v) is 3.48. The molecule has 23 heavy (non-hydrogen) atoms. The summed E-state index contributed by atoms with van der Waals surface area (Å²) in [5.41, 5.74) is 5.57. The molecule has 2 N–H and O–H groups in total. The van der Waals surface area contributed by atoms with E-state index in [1.807, 2.05) is 34.6 Å². The minimum atomic E-state index is -0.240. The van der Waals surface area contributed by atoms with Gasteiger partial charge in [0.1, 0.15) is 0 Å². The Morgan fingerprint density at radius 3 is 2.00 bits per heavy atom. The van der Waals surface area contributed by atoms with Crippen molar-refractivity contribution in [2.45, 2.75) is 91.3 Å². The molecule has 0 spiro atoms. The van der Waals surface area contributed by atoms with Crippen LogP contribution in [-0.4, -0.2) is 56.4 Å². The van der Waals surface area contributed by atoms with E-state index in [4.69, 9.17) is 24.7 Å². The predicted molar refractivity (Wildman–Crippen MR) is 94.8 cm³/mol. The maximum Gasteiger partial charge on any atom is 0.0934 e. The van der Waals surface area contributed by atoms with Crippen LogP contribution in [0.5, 0.6) is 0 Å². The zero-order valence-corrected chi connectivity index (χ0v) is 16.3. The van der Waals surface area contributed by atoms with Gasteiger partial charge in [0.25, 0.3) is 0 Å². The minimum absolute atomic E-state index is 0.0886. The van der Waals surface area contributed by atoms with Gasteiger partial charge in [0.05, 0.1) is 36.6 Å². The van der Waals surface area contributed by atoms with E-state index < -0.39 is 0 Å². The van der Waals surface area contributed by atoms with Crippen molar-refractivity contribution >= 4 is 0 Å². The first-order valence-electron chi connectivity index (χ1n) is 8.89. The van der Waals surface area contributed by atoms with E-state index in [2.05, 4.69) is 13.8 Å². The van der Waals surface area contributed by atoms with Crippen LogP contribution in [0.3, 0.4) is 0 Å². The Morgan fingerprint density at radius 1 is 0.913 bits per heavy atom. The standard InChI is InChI=1S/C18H39NO4/c1-14(2)20-10-8-16(5)23-17(12-19)13-22-18(6,7)9-11-21-15(3)4/h14-17H,8-13,19H2,1-7H3. The Bertz CT molecular complexity index is 282. The molecule has 0 rings (SSSR count). The Morgan fingerprint density at radius 2 is 1.48 bits per heavy atom. The summed E-state index contributed by atoms with van der Waals surface area (Å²) in [4.78, 5) is 0. The summed E-state index contributed by atoms with van der Waals surface area (Å²) >= 11 is 0. The zero-order valence-electron chi connectivity index (χ0n) is 16.3. The van der Waals surface area contributed by atoms with Crippen LogP contribution in [0.1, 0.15) is 61.3 Å². The molecule has 0 saturated carbocycles. The normalized spacial score (nSPS) is 15.4. The van der Waals surface area contributed by atoms with Gasteiger partial charge < -0.3 is 24.7 Å². The molecular formula is C18H39NO4. The molecule has 0 bridgehead atoms. The highest BCUT2D eigenvalue weighted by Crippen LogP contribution is 2.16. The molecule has 0 radical (unpaired) electrons. The smallest absolute Gasteiger partial charge is 0.0934 e. The molecule has 2 unspecified atom stereocenters. The molecule has 0 aliphatic heterocycles. The summed E-state index contributed by atoms with van der Waals surface area (Å²) in [6, 6.07) is 0. The van der Waals surface area contributed by atoms with E-state index >= 15 is 0 Å². The summed E-state index contributed by atoms with van der Waals surface area (Å²) in [7, 11) is 0. The SMILES string of the molecule is CC(C)OCCC(C)OC(CN)COC(C)(C)CCOC(C)C. The first-order valence-corrected chi connectivity index (χ1v) is 8.89. The summed E-state index contributed by atoms with van der Waals surface area (Å²) in [6.45, 7) is 16.7. The molecule has 5 nitrogen and oxygen atoms in total. The molecular weight excluding hydrogens is 294 g/mol. The summed E-state index contributed by atoms with van der Waals surface area (Å²) in [5.74, 6) is 0. The number of ether oxygens (including phenoxy) is 4. The number of hydrogen-bond donors (Lipinski definition) is 1. The van der Waals surface area contributed by atoms with Crippen LogP contribution in [0.15, 0.2) is 0 Å². The fourth-order valence-corrected chi connectivity index (χ4v) is 1.96. The number of rotatable bonds is 14. The highest BCUT2D eigenvalue weighted by molar-refractivity contribution is 4.71. The summed E-state index contributed by atoms with van der Waals surface area (Å²) in [5, 5.41) is 0. The molecule has 5 heteroatoms. The van der Waals surface area contributed by atoms with Crippen molar-refractivity contribution in [2.24, 2.45) is 5.73 Å². The van der Waals surface area contributed by atoms with Crippen molar-refractivity contribution in [1.29, 1.82) is 0 Å². The van der Waals surface area contributed by atoms with Gasteiger partial charge in [-0.25, -0.2) is 0 Å². The van der Waals surface area contributed by atoms with Gasteiger partial charge in [-0.05, 0) is 61.3 Å². The van der Waals surface area contributed by atoms with Gasteiger partial charge in [-0.3, -0.25) is 0 Å². The van der Waals surface area contributed by atoms with Gasteiger partial charge in [0.15, 0.2) is 0 Å². The van der Waals surface area contributed by atoms with E-state index in [0.717, 1.165) is 12.8 Å². The lowest BCUT2D eigenvalue weighted by Crippen LogP contribution is -2.37. The quantitative estimate of drug-likeness (QED) is 0.529. The lowest BCUT2D eigenvalue weighted by Gasteiger charge is -2.29. The lowest BCUT2D eigenvalue weighted by atomic mass is 10.1. The van der Waals surface area contributed by atoms with Crippen LogP contribution >= 0.6 is 0 Å². The summed E-state index contributed by atoms with van der Waals surface area (Å²) < 4.78 is 23.1. The number of hydrogen-bond acceptors (Lipinski definition) is 5. The molecule has 140 valence electrons. The van der Waals surface area contributed by atoms with Gasteiger partial charge in [0.2, 0.25) is 0 Å². The molecule has 2 atom stereocenters. The molecule has 0 aromatic rings. The highest BCUT2D eigenvalue weighted by Gasteiger charge is 2.21. The molecule has 0 aliphatic carbocycles. The van der Waals surface area contributed by atoms with Crippen molar-refractivity contribution < 1.29 is 18.9 Å². The van der Waals surface area contributed by atoms with Crippen molar-refractivity contribution in [3.63, 3.8) is 0 Å². The first kappa shape index (κ1) is 22.8. The van der Waals surface area contributed by atoms with Crippen LogP contribution in [0.2, 0.25) is 0 Å². The van der Waals surface area contributed by atoms with Gasteiger partial charge in [-0.2, -0.15) is 0 Å². The lowest BCUT2D eigenvalue weighted by molar-refractivity contribution is -0.108. The van der Waals surface area contributed by atoms with Gasteiger partial charge in [0, 0.05) is 19.8 Å². The van der Waals surface area contributed by atoms with Gasteiger partial charge in [-0.1, -0.05) is 0 Å². The van der Waals surface area contributed by atoms with Crippen molar-refractivity contribution in [3.05, 3.63) is 0 Å². The van der Waals surface area contributed by atoms with Crippen LogP contribution in [0.4, 0.5) is 0 Å². The van der Waals surface area contributed by atoms with E-state index in [1.165, 1.54) is 0 Å². The van der Waals surface area contributed by atoms with Gasteiger partial charge in [-0.15, -0.1) is 0 Å². The molecule has 0 amide bonds. The van der Waals surface area contributed by atoms with Crippen molar-refractivity contribution in [2.75, 3.05) is 26.4 Å². The summed E-state index contributed by atoms with van der Waals surface area (Å²) in [6.07, 6.45) is 2.23. The Labute approximate surface area is 143 Å². The maximum absolute atomic E-state index is 5.99. The third-order valence-electron chi connectivity index (χ3n) is 3.48. The Balaban J connectivity index is 4.02. The van der Waals surface area contributed by atoms with Crippen LogP contribution in [-0.2, 0) is 18.9 Å². The van der Waals surface area contributed by atoms with Crippen LogP contribution in [0.25, 0.3) is 0 Å². The average molecular weight is 334 g/mol. The average Bonchev–Trinajstić information content (AvgIpc) is 2.42. The van der Waals surface area contributed by atoms with Crippen LogP contribution < -0.4 is 5.73 Å². The maximum atomic E-state index is 5.99. The largest absolute Gasteiger partial charge is 0.379 e. The van der Waals surface area contributed by atoms with E-state index in [-0.39, 0.29) is 30.0 Å². The van der Waals surface area contributed by atoms with Crippen molar-refractivity contribution in [3.8, 4) is 0 Å². The highest BCUT2D eigenvalue weighted by atomic mass is 16.6. The third kappa shape index (κ3) is 13.9. The second-order valence-corrected chi connectivity index (χ2v) is 7.25. The molecule has 0 aliphatic rings. The molecule has 0 aromatic heterocycles. The molecule has 0 fully saturated rings. The number of nitrogens with two attached hydrogens (primary N) is 1. The first-order chi connectivity index (χ1) is 10.7. The molecule has 0 heterocycles. The topological polar surface area (TPSA) is 62.9 Å². The van der Waals surface area contributed by atoms with Gasteiger partial charge >= 0.3 is 0 Å². The Hall–Kier alpha value is -0.200. The monoisotopic (exact) mass is 333 g/mol. The van der Waals surface area contributed by atoms with E-state index in [9.17, 15) is 0 Å². The fraction of sp³-hybridized carbons (Fsp3) is 1.00. The minimum Gasteiger partial charge on any atom is -0.379 e. The van der Waals surface area contributed by atoms with Crippen LogP contribution in [0, 0.1) is 0 Å². The van der Waals surface area contributed by atoms with E-state index in [1.54, 1.807) is 0 Å². The second-order valence-electron chi connectivity index (χ2n) is 7.25. The fourth-order valence-electron chi connectivity index (χ4n) is 1.96. The zero-order chi connectivity index (χ0) is 17.9.